The molecule has 0 radical (unpaired) electrons. The lowest BCUT2D eigenvalue weighted by Gasteiger charge is -2.01. The number of carbonyl (C=O) groups excluding carboxylic acids is 2. The summed E-state index contributed by atoms with van der Waals surface area (Å²) in [4.78, 5) is 31.4. The van der Waals surface area contributed by atoms with Crippen LogP contribution in [0.2, 0.25) is 0 Å². The smallest absolute Gasteiger partial charge is 0.367 e. The lowest BCUT2D eigenvalue weighted by atomic mass is 10.4. The summed E-state index contributed by atoms with van der Waals surface area (Å²) >= 11 is 0.995. The Morgan fingerprint density at radius 3 is 2.79 bits per heavy atom. The van der Waals surface area contributed by atoms with Crippen molar-refractivity contribution >= 4 is 28.9 Å². The van der Waals surface area contributed by atoms with E-state index in [1.54, 1.807) is 31.5 Å². The van der Waals surface area contributed by atoms with E-state index in [0.717, 1.165) is 11.3 Å². The van der Waals surface area contributed by atoms with Crippen LogP contribution in [0.3, 0.4) is 0 Å². The quantitative estimate of drug-likeness (QED) is 0.864. The zero-order valence-electron chi connectivity index (χ0n) is 10.1. The average molecular weight is 277 g/mol. The number of nitrogens with zero attached hydrogens (tertiary/aromatic N) is 2. The fraction of sp³-hybridized carbons (Fsp3) is 0.167. The summed E-state index contributed by atoms with van der Waals surface area (Å²) in [6.07, 6.45) is 4.51. The van der Waals surface area contributed by atoms with Gasteiger partial charge in [0.2, 0.25) is 5.01 Å². The van der Waals surface area contributed by atoms with E-state index < -0.39 is 5.97 Å². The number of carbonyl (C=O) groups is 2. The number of rotatable bonds is 4. The minimum atomic E-state index is -0.518. The fourth-order valence-corrected chi connectivity index (χ4v) is 2.00. The van der Waals surface area contributed by atoms with Gasteiger partial charge in [-0.25, -0.2) is 9.78 Å². The number of hydrogen-bond acceptors (Lipinski definition) is 6. The average Bonchev–Trinajstić information content (AvgIpc) is 2.90. The van der Waals surface area contributed by atoms with Crippen molar-refractivity contribution in [2.75, 3.05) is 11.9 Å². The third kappa shape index (κ3) is 3.35. The molecule has 2 aromatic rings. The first-order chi connectivity index (χ1) is 9.20. The normalized spacial score (nSPS) is 9.95. The minimum absolute atomic E-state index is 0.168. The Kier molecular flexibility index (Phi) is 4.19. The van der Waals surface area contributed by atoms with E-state index in [1.165, 1.54) is 6.20 Å². The van der Waals surface area contributed by atoms with Crippen LogP contribution in [0.5, 0.6) is 0 Å². The predicted molar refractivity (Wildman–Crippen MR) is 70.3 cm³/mol. The van der Waals surface area contributed by atoms with Crippen molar-refractivity contribution in [3.05, 3.63) is 40.6 Å². The van der Waals surface area contributed by atoms with Crippen molar-refractivity contribution < 1.29 is 14.3 Å². The van der Waals surface area contributed by atoms with Crippen molar-refractivity contribution in [1.82, 2.24) is 9.97 Å². The lowest BCUT2D eigenvalue weighted by Crippen LogP contribution is -2.10. The van der Waals surface area contributed by atoms with E-state index in [2.05, 4.69) is 15.3 Å². The highest BCUT2D eigenvalue weighted by Gasteiger charge is 2.16. The zero-order chi connectivity index (χ0) is 13.7. The van der Waals surface area contributed by atoms with Crippen LogP contribution in [0.4, 0.5) is 5.69 Å². The standard InChI is InChI=1S/C12H11N3O3S/c1-2-18-12(17)11-14-7-9(19-11)10(16)15-8-3-5-13-6-4-8/h3-7H,2H2,1H3,(H,13,15,16). The zero-order valence-corrected chi connectivity index (χ0v) is 10.9. The molecular weight excluding hydrogens is 266 g/mol. The monoisotopic (exact) mass is 277 g/mol. The molecule has 2 rings (SSSR count). The first-order valence-corrected chi connectivity index (χ1v) is 6.36. The molecule has 19 heavy (non-hydrogen) atoms. The van der Waals surface area contributed by atoms with E-state index >= 15 is 0 Å². The third-order valence-corrected chi connectivity index (χ3v) is 3.09. The van der Waals surface area contributed by atoms with Crippen LogP contribution in [0.15, 0.2) is 30.7 Å². The van der Waals surface area contributed by atoms with Crippen LogP contribution in [0.25, 0.3) is 0 Å². The van der Waals surface area contributed by atoms with Crippen LogP contribution in [-0.2, 0) is 4.74 Å². The van der Waals surface area contributed by atoms with Crippen LogP contribution in [0.1, 0.15) is 26.4 Å². The van der Waals surface area contributed by atoms with Gasteiger partial charge in [-0.15, -0.1) is 11.3 Å². The first kappa shape index (κ1) is 13.2. The highest BCUT2D eigenvalue weighted by atomic mass is 32.1. The fourth-order valence-electron chi connectivity index (χ4n) is 1.29. The summed E-state index contributed by atoms with van der Waals surface area (Å²) < 4.78 is 4.81. The Hall–Kier alpha value is -2.28. The summed E-state index contributed by atoms with van der Waals surface area (Å²) in [5.74, 6) is -0.838. The van der Waals surface area contributed by atoms with E-state index in [0.29, 0.717) is 10.6 Å². The molecule has 0 aliphatic heterocycles. The molecule has 1 N–H and O–H groups in total. The number of hydrogen-bond donors (Lipinski definition) is 1. The van der Waals surface area contributed by atoms with Gasteiger partial charge >= 0.3 is 5.97 Å². The number of amides is 1. The highest BCUT2D eigenvalue weighted by Crippen LogP contribution is 2.16. The van der Waals surface area contributed by atoms with E-state index in [1.807, 2.05) is 0 Å². The molecule has 0 bridgehead atoms. The number of aromatic nitrogens is 2. The maximum absolute atomic E-state index is 11.9. The van der Waals surface area contributed by atoms with Gasteiger partial charge in [-0.05, 0) is 19.1 Å². The number of esters is 1. The second-order valence-corrected chi connectivity index (χ2v) is 4.47. The van der Waals surface area contributed by atoms with Crippen molar-refractivity contribution in [3.8, 4) is 0 Å². The second-order valence-electron chi connectivity index (χ2n) is 3.44. The van der Waals surface area contributed by atoms with Gasteiger partial charge in [0.1, 0.15) is 4.88 Å². The number of thiazole rings is 1. The molecule has 0 aliphatic carbocycles. The topological polar surface area (TPSA) is 81.2 Å². The predicted octanol–water partition coefficient (Wildman–Crippen LogP) is 1.97. The Labute approximate surface area is 113 Å². The summed E-state index contributed by atoms with van der Waals surface area (Å²) in [5, 5.41) is 2.85. The molecule has 7 heteroatoms. The Morgan fingerprint density at radius 1 is 1.37 bits per heavy atom. The number of anilines is 1. The van der Waals surface area contributed by atoms with Gasteiger partial charge in [-0.2, -0.15) is 0 Å². The molecule has 0 fully saturated rings. The third-order valence-electron chi connectivity index (χ3n) is 2.12. The largest absolute Gasteiger partial charge is 0.461 e. The van der Waals surface area contributed by atoms with Crippen LogP contribution in [-0.4, -0.2) is 28.5 Å². The van der Waals surface area contributed by atoms with E-state index in [-0.39, 0.29) is 17.5 Å². The molecule has 2 aromatic heterocycles. The van der Waals surface area contributed by atoms with Gasteiger partial charge in [0, 0.05) is 18.1 Å². The van der Waals surface area contributed by atoms with Gasteiger partial charge in [0.05, 0.1) is 12.8 Å². The molecular formula is C12H11N3O3S. The van der Waals surface area contributed by atoms with Gasteiger partial charge in [0.15, 0.2) is 0 Å². The summed E-state index contributed by atoms with van der Waals surface area (Å²) in [7, 11) is 0. The molecule has 6 nitrogen and oxygen atoms in total. The van der Waals surface area contributed by atoms with Crippen LogP contribution < -0.4 is 5.32 Å². The Morgan fingerprint density at radius 2 is 2.11 bits per heavy atom. The second kappa shape index (κ2) is 6.05. The number of nitrogens with one attached hydrogen (secondary N) is 1. The molecule has 0 unspecified atom stereocenters. The summed E-state index contributed by atoms with van der Waals surface area (Å²) in [6.45, 7) is 1.99. The van der Waals surface area contributed by atoms with E-state index in [9.17, 15) is 9.59 Å². The number of pyridine rings is 1. The summed E-state index contributed by atoms with van der Waals surface area (Å²) in [5.41, 5.74) is 0.631. The highest BCUT2D eigenvalue weighted by molar-refractivity contribution is 7.15. The molecule has 0 spiro atoms. The molecule has 0 aromatic carbocycles. The number of ether oxygens (including phenoxy) is 1. The Bertz CT molecular complexity index is 583. The Balaban J connectivity index is 2.06. The van der Waals surface area contributed by atoms with Gasteiger partial charge in [0.25, 0.3) is 5.91 Å². The lowest BCUT2D eigenvalue weighted by molar-refractivity contribution is 0.0526. The van der Waals surface area contributed by atoms with Crippen molar-refractivity contribution in [2.45, 2.75) is 6.92 Å². The van der Waals surface area contributed by atoms with Crippen LogP contribution >= 0.6 is 11.3 Å². The van der Waals surface area contributed by atoms with Crippen molar-refractivity contribution in [1.29, 1.82) is 0 Å². The van der Waals surface area contributed by atoms with Crippen molar-refractivity contribution in [3.63, 3.8) is 0 Å². The molecule has 0 saturated heterocycles. The van der Waals surface area contributed by atoms with Gasteiger partial charge < -0.3 is 10.1 Å². The molecule has 0 atom stereocenters. The SMILES string of the molecule is CCOC(=O)c1ncc(C(=O)Nc2ccncc2)s1. The minimum Gasteiger partial charge on any atom is -0.461 e. The first-order valence-electron chi connectivity index (χ1n) is 5.55. The molecule has 2 heterocycles. The van der Waals surface area contributed by atoms with Gasteiger partial charge in [-0.1, -0.05) is 0 Å². The maximum atomic E-state index is 11.9. The van der Waals surface area contributed by atoms with Gasteiger partial charge in [-0.3, -0.25) is 9.78 Å². The molecule has 0 saturated carbocycles. The maximum Gasteiger partial charge on any atom is 0.367 e. The molecule has 0 aliphatic rings. The summed E-state index contributed by atoms with van der Waals surface area (Å²) in [6, 6.07) is 3.34. The van der Waals surface area contributed by atoms with Crippen LogP contribution in [0, 0.1) is 0 Å². The van der Waals surface area contributed by atoms with E-state index in [4.69, 9.17) is 4.74 Å². The van der Waals surface area contributed by atoms with Crippen molar-refractivity contribution in [2.24, 2.45) is 0 Å². The molecule has 98 valence electrons. The molecule has 1 amide bonds.